The standard InChI is InChI=1S/C28H26Cl3N3O3/c29-19-3-1-2-17(12-19)16-28(22-7-6-20(30)14-23(22)32-27(28)36)34-24-15-21(31)5-4-18(24)13-25(34)26(35)33-8-10-37-11-9-33/h1-7,12,14-15,18,24-25H,8-11,13,16H2,(H,32,36). The summed E-state index contributed by atoms with van der Waals surface area (Å²) >= 11 is 19.2. The molecule has 4 aliphatic rings. The number of halogens is 3. The third-order valence-corrected chi connectivity index (χ3v) is 8.59. The predicted octanol–water partition coefficient (Wildman–Crippen LogP) is 4.99. The average molecular weight is 559 g/mol. The number of hydrogen-bond donors (Lipinski definition) is 1. The number of carbonyl (C=O) groups excluding carboxylic acids is 2. The van der Waals surface area contributed by atoms with Gasteiger partial charge in [0.25, 0.3) is 0 Å². The Balaban J connectivity index is 1.53. The summed E-state index contributed by atoms with van der Waals surface area (Å²) in [6.07, 6.45) is 6.84. The van der Waals surface area contributed by atoms with Crippen molar-refractivity contribution in [1.29, 1.82) is 0 Å². The maximum atomic E-state index is 14.2. The van der Waals surface area contributed by atoms with Gasteiger partial charge in [-0.15, -0.1) is 0 Å². The van der Waals surface area contributed by atoms with Crippen molar-refractivity contribution in [2.75, 3.05) is 31.6 Å². The van der Waals surface area contributed by atoms with Crippen LogP contribution in [-0.4, -0.2) is 60.0 Å². The van der Waals surface area contributed by atoms with Crippen LogP contribution >= 0.6 is 34.8 Å². The first-order valence-corrected chi connectivity index (χ1v) is 13.6. The molecule has 4 atom stereocenters. The smallest absolute Gasteiger partial charge is 0.249 e. The summed E-state index contributed by atoms with van der Waals surface area (Å²) in [5, 5.41) is 4.79. The number of morpholine rings is 1. The predicted molar refractivity (Wildman–Crippen MR) is 145 cm³/mol. The highest BCUT2D eigenvalue weighted by Gasteiger charge is 2.60. The molecule has 6 rings (SSSR count). The normalized spacial score (nSPS) is 29.1. The van der Waals surface area contributed by atoms with Gasteiger partial charge < -0.3 is 15.0 Å². The van der Waals surface area contributed by atoms with Crippen molar-refractivity contribution in [3.05, 3.63) is 86.9 Å². The molecule has 0 saturated carbocycles. The van der Waals surface area contributed by atoms with Crippen molar-refractivity contribution < 1.29 is 14.3 Å². The molecular formula is C28H26Cl3N3O3. The lowest BCUT2D eigenvalue weighted by Gasteiger charge is -2.45. The third kappa shape index (κ3) is 4.29. The van der Waals surface area contributed by atoms with E-state index >= 15 is 0 Å². The lowest BCUT2D eigenvalue weighted by Crippen LogP contribution is -2.61. The number of rotatable bonds is 4. The Morgan fingerprint density at radius 3 is 2.65 bits per heavy atom. The van der Waals surface area contributed by atoms with Crippen LogP contribution in [0.2, 0.25) is 10.0 Å². The van der Waals surface area contributed by atoms with Gasteiger partial charge in [-0.25, -0.2) is 0 Å². The molecule has 6 nitrogen and oxygen atoms in total. The molecule has 37 heavy (non-hydrogen) atoms. The van der Waals surface area contributed by atoms with E-state index in [4.69, 9.17) is 39.5 Å². The minimum atomic E-state index is -1.17. The Morgan fingerprint density at radius 1 is 1.08 bits per heavy atom. The van der Waals surface area contributed by atoms with E-state index in [0.29, 0.717) is 59.9 Å². The van der Waals surface area contributed by atoms with Crippen molar-refractivity contribution in [3.8, 4) is 0 Å². The first kappa shape index (κ1) is 25.0. The first-order chi connectivity index (χ1) is 17.9. The molecule has 0 spiro atoms. The minimum Gasteiger partial charge on any atom is -0.378 e. The molecule has 4 unspecified atom stereocenters. The maximum absolute atomic E-state index is 14.2. The Bertz CT molecular complexity index is 1320. The molecule has 0 aromatic heterocycles. The molecule has 2 aromatic rings. The zero-order chi connectivity index (χ0) is 25.7. The third-order valence-electron chi connectivity index (χ3n) is 7.87. The molecule has 2 amide bonds. The number of benzene rings is 2. The van der Waals surface area contributed by atoms with Gasteiger partial charge in [-0.1, -0.05) is 59.1 Å². The summed E-state index contributed by atoms with van der Waals surface area (Å²) in [5.74, 6) is -0.140. The van der Waals surface area contributed by atoms with Gasteiger partial charge in [0.05, 0.1) is 19.3 Å². The SMILES string of the molecule is O=C(C1CC2C=CC(Cl)=CC2N1C1(Cc2cccc(Cl)c2)C(=O)Nc2cc(Cl)ccc21)N1CCOCC1. The van der Waals surface area contributed by atoms with Crippen molar-refractivity contribution in [1.82, 2.24) is 9.80 Å². The van der Waals surface area contributed by atoms with Crippen molar-refractivity contribution in [2.24, 2.45) is 5.92 Å². The minimum absolute atomic E-state index is 0.0105. The van der Waals surface area contributed by atoms with Crippen LogP contribution in [0.1, 0.15) is 17.5 Å². The average Bonchev–Trinajstić information content (AvgIpc) is 3.38. The van der Waals surface area contributed by atoms with Crippen LogP contribution in [-0.2, 0) is 26.3 Å². The zero-order valence-electron chi connectivity index (χ0n) is 20.0. The molecule has 0 bridgehead atoms. The van der Waals surface area contributed by atoms with E-state index in [1.807, 2.05) is 47.4 Å². The van der Waals surface area contributed by atoms with Gasteiger partial charge in [0.15, 0.2) is 0 Å². The Hall–Kier alpha value is -2.35. The van der Waals surface area contributed by atoms with E-state index in [1.165, 1.54) is 0 Å². The zero-order valence-corrected chi connectivity index (χ0v) is 22.3. The van der Waals surface area contributed by atoms with E-state index in [0.717, 1.165) is 11.1 Å². The number of anilines is 1. The number of amides is 2. The molecular weight excluding hydrogens is 533 g/mol. The molecule has 2 aromatic carbocycles. The van der Waals surface area contributed by atoms with Gasteiger partial charge in [0.2, 0.25) is 11.8 Å². The molecule has 9 heteroatoms. The molecule has 1 aliphatic carbocycles. The fourth-order valence-corrected chi connectivity index (χ4v) is 6.87. The quantitative estimate of drug-likeness (QED) is 0.574. The summed E-state index contributed by atoms with van der Waals surface area (Å²) < 4.78 is 5.50. The monoisotopic (exact) mass is 557 g/mol. The van der Waals surface area contributed by atoms with Gasteiger partial charge in [-0.05, 0) is 54.3 Å². The molecule has 2 fully saturated rings. The molecule has 0 radical (unpaired) electrons. The highest BCUT2D eigenvalue weighted by atomic mass is 35.5. The Labute approximate surface area is 230 Å². The fourth-order valence-electron chi connectivity index (χ4n) is 6.28. The maximum Gasteiger partial charge on any atom is 0.249 e. The van der Waals surface area contributed by atoms with Crippen LogP contribution in [0.25, 0.3) is 0 Å². The topological polar surface area (TPSA) is 61.9 Å². The van der Waals surface area contributed by atoms with Crippen molar-refractivity contribution in [2.45, 2.75) is 30.5 Å². The van der Waals surface area contributed by atoms with Crippen LogP contribution < -0.4 is 5.32 Å². The molecule has 3 aliphatic heterocycles. The Morgan fingerprint density at radius 2 is 1.86 bits per heavy atom. The number of hydrogen-bond acceptors (Lipinski definition) is 4. The summed E-state index contributed by atoms with van der Waals surface area (Å²) in [6.45, 7) is 2.08. The number of likely N-dealkylation sites (tertiary alicyclic amines) is 1. The number of nitrogens with zero attached hydrogens (tertiary/aromatic N) is 2. The molecule has 3 heterocycles. The van der Waals surface area contributed by atoms with E-state index < -0.39 is 11.6 Å². The van der Waals surface area contributed by atoms with Crippen molar-refractivity contribution >= 4 is 52.3 Å². The number of carbonyl (C=O) groups is 2. The van der Waals surface area contributed by atoms with Gasteiger partial charge in [-0.3, -0.25) is 14.5 Å². The number of ether oxygens (including phenoxy) is 1. The fraction of sp³-hybridized carbons (Fsp3) is 0.357. The van der Waals surface area contributed by atoms with Gasteiger partial charge in [-0.2, -0.15) is 0 Å². The highest BCUT2D eigenvalue weighted by Crippen LogP contribution is 2.51. The lowest BCUT2D eigenvalue weighted by atomic mass is 9.81. The van der Waals surface area contributed by atoms with E-state index in [2.05, 4.69) is 16.3 Å². The molecule has 2 saturated heterocycles. The van der Waals surface area contributed by atoms with Gasteiger partial charge >= 0.3 is 0 Å². The number of fused-ring (bicyclic) bond motifs is 2. The highest BCUT2D eigenvalue weighted by molar-refractivity contribution is 6.31. The molecule has 1 N–H and O–H groups in total. The largest absolute Gasteiger partial charge is 0.378 e. The second-order valence-corrected chi connectivity index (χ2v) is 11.3. The summed E-state index contributed by atoms with van der Waals surface area (Å²) in [7, 11) is 0. The van der Waals surface area contributed by atoms with Gasteiger partial charge in [0, 0.05) is 51.9 Å². The van der Waals surface area contributed by atoms with Crippen LogP contribution in [0.15, 0.2) is 65.7 Å². The summed E-state index contributed by atoms with van der Waals surface area (Å²) in [6, 6.07) is 12.2. The van der Waals surface area contributed by atoms with Crippen LogP contribution in [0.4, 0.5) is 5.69 Å². The number of allylic oxidation sites excluding steroid dienone is 2. The second kappa shape index (κ2) is 9.75. The van der Waals surface area contributed by atoms with Crippen LogP contribution in [0, 0.1) is 5.92 Å². The van der Waals surface area contributed by atoms with Crippen molar-refractivity contribution in [3.63, 3.8) is 0 Å². The number of nitrogens with one attached hydrogen (secondary N) is 1. The van der Waals surface area contributed by atoms with Crippen LogP contribution in [0.3, 0.4) is 0 Å². The van der Waals surface area contributed by atoms with Crippen LogP contribution in [0.5, 0.6) is 0 Å². The van der Waals surface area contributed by atoms with E-state index in [1.54, 1.807) is 12.1 Å². The second-order valence-electron chi connectivity index (χ2n) is 9.97. The van der Waals surface area contributed by atoms with Gasteiger partial charge in [0.1, 0.15) is 5.54 Å². The van der Waals surface area contributed by atoms with E-state index in [9.17, 15) is 9.59 Å². The summed E-state index contributed by atoms with van der Waals surface area (Å²) in [5.41, 5.74) is 1.17. The Kier molecular flexibility index (Phi) is 6.58. The summed E-state index contributed by atoms with van der Waals surface area (Å²) in [4.78, 5) is 32.3. The lowest BCUT2D eigenvalue weighted by molar-refractivity contribution is -0.146. The first-order valence-electron chi connectivity index (χ1n) is 12.4. The van der Waals surface area contributed by atoms with E-state index in [-0.39, 0.29) is 23.8 Å². The molecule has 192 valence electrons.